The van der Waals surface area contributed by atoms with E-state index in [9.17, 15) is 0 Å². The molecule has 0 spiro atoms. The fraction of sp³-hybridized carbons (Fsp3) is 0.412. The Morgan fingerprint density at radius 2 is 1.95 bits per heavy atom. The standard InChI is InChI=1S/C17H20N2O/c1-12-9-15-13(11-17(12)20-2)10-16-14(5-8-19(15)16)18-6-3-4-7-18/h5,8-11,14H,3-4,6-7H2,1-2H3. The molecule has 1 unspecified atom stereocenters. The predicted molar refractivity (Wildman–Crippen MR) is 82.1 cm³/mol. The summed E-state index contributed by atoms with van der Waals surface area (Å²) >= 11 is 0. The van der Waals surface area contributed by atoms with E-state index in [-0.39, 0.29) is 0 Å². The SMILES string of the molecule is COc1cc2cc3n(c2cc1C)C=CC3N1CCCC1. The highest BCUT2D eigenvalue weighted by molar-refractivity contribution is 5.87. The Kier molecular flexibility index (Phi) is 2.64. The van der Waals surface area contributed by atoms with Crippen LogP contribution in [0.4, 0.5) is 0 Å². The second kappa shape index (κ2) is 4.38. The third kappa shape index (κ3) is 1.63. The highest BCUT2D eigenvalue weighted by Crippen LogP contribution is 2.37. The van der Waals surface area contributed by atoms with Gasteiger partial charge >= 0.3 is 0 Å². The summed E-state index contributed by atoms with van der Waals surface area (Å²) in [4.78, 5) is 2.58. The number of likely N-dealkylation sites (tertiary alicyclic amines) is 1. The van der Waals surface area contributed by atoms with Crippen LogP contribution >= 0.6 is 0 Å². The highest BCUT2D eigenvalue weighted by Gasteiger charge is 2.27. The number of hydrogen-bond acceptors (Lipinski definition) is 2. The van der Waals surface area contributed by atoms with Crippen molar-refractivity contribution in [3.8, 4) is 5.75 Å². The first-order chi connectivity index (χ1) is 9.78. The summed E-state index contributed by atoms with van der Waals surface area (Å²) in [7, 11) is 1.74. The van der Waals surface area contributed by atoms with Crippen LogP contribution in [-0.4, -0.2) is 29.7 Å². The summed E-state index contributed by atoms with van der Waals surface area (Å²) in [5.41, 5.74) is 3.88. The molecule has 2 aliphatic rings. The second-order valence-electron chi connectivity index (χ2n) is 5.85. The van der Waals surface area contributed by atoms with Crippen LogP contribution in [0.2, 0.25) is 0 Å². The molecular formula is C17H20N2O. The first-order valence-corrected chi connectivity index (χ1v) is 7.40. The number of aromatic nitrogens is 1. The van der Waals surface area contributed by atoms with Crippen molar-refractivity contribution >= 4 is 17.1 Å². The largest absolute Gasteiger partial charge is 0.496 e. The number of hydrogen-bond donors (Lipinski definition) is 0. The minimum Gasteiger partial charge on any atom is -0.496 e. The normalized spacial score (nSPS) is 21.8. The van der Waals surface area contributed by atoms with Crippen LogP contribution in [0.25, 0.3) is 17.1 Å². The number of benzene rings is 1. The van der Waals surface area contributed by atoms with E-state index >= 15 is 0 Å². The van der Waals surface area contributed by atoms with Gasteiger partial charge in [-0.25, -0.2) is 0 Å². The molecule has 1 fully saturated rings. The number of aryl methyl sites for hydroxylation is 1. The molecule has 0 N–H and O–H groups in total. The summed E-state index contributed by atoms with van der Waals surface area (Å²) in [6.07, 6.45) is 7.22. The number of methoxy groups -OCH3 is 1. The Hall–Kier alpha value is -1.74. The van der Waals surface area contributed by atoms with Crippen LogP contribution in [0, 0.1) is 6.92 Å². The number of ether oxygens (including phenoxy) is 1. The lowest BCUT2D eigenvalue weighted by molar-refractivity contribution is 0.288. The minimum absolute atomic E-state index is 0.455. The molecule has 3 nitrogen and oxygen atoms in total. The molecule has 3 heterocycles. The fourth-order valence-electron chi connectivity index (χ4n) is 3.59. The first kappa shape index (κ1) is 12.0. The average molecular weight is 268 g/mol. The van der Waals surface area contributed by atoms with E-state index in [1.165, 1.54) is 48.1 Å². The summed E-state index contributed by atoms with van der Waals surface area (Å²) in [5, 5.41) is 1.27. The third-order valence-corrected chi connectivity index (χ3v) is 4.64. The Bertz CT molecular complexity index is 693. The zero-order valence-electron chi connectivity index (χ0n) is 12.1. The van der Waals surface area contributed by atoms with Gasteiger partial charge in [-0.2, -0.15) is 0 Å². The average Bonchev–Trinajstić information content (AvgIpc) is 3.13. The van der Waals surface area contributed by atoms with E-state index in [1.807, 2.05) is 0 Å². The van der Waals surface area contributed by atoms with Crippen molar-refractivity contribution in [2.24, 2.45) is 0 Å². The molecule has 20 heavy (non-hydrogen) atoms. The lowest BCUT2D eigenvalue weighted by Crippen LogP contribution is -2.23. The van der Waals surface area contributed by atoms with Gasteiger partial charge < -0.3 is 9.30 Å². The van der Waals surface area contributed by atoms with Gasteiger partial charge in [-0.3, -0.25) is 4.90 Å². The Morgan fingerprint density at radius 1 is 1.15 bits per heavy atom. The van der Waals surface area contributed by atoms with E-state index in [4.69, 9.17) is 4.74 Å². The van der Waals surface area contributed by atoms with Crippen molar-refractivity contribution < 1.29 is 4.74 Å². The molecule has 0 aliphatic carbocycles. The Labute approximate surface area is 119 Å². The lowest BCUT2D eigenvalue weighted by atomic mass is 10.1. The van der Waals surface area contributed by atoms with Crippen LogP contribution in [0.3, 0.4) is 0 Å². The topological polar surface area (TPSA) is 17.4 Å². The molecule has 104 valence electrons. The maximum absolute atomic E-state index is 5.44. The van der Waals surface area contributed by atoms with Crippen molar-refractivity contribution in [1.82, 2.24) is 9.47 Å². The molecular weight excluding hydrogens is 248 g/mol. The molecule has 4 rings (SSSR count). The van der Waals surface area contributed by atoms with Crippen molar-refractivity contribution in [2.75, 3.05) is 20.2 Å². The van der Waals surface area contributed by atoms with E-state index in [1.54, 1.807) is 7.11 Å². The molecule has 2 aliphatic heterocycles. The van der Waals surface area contributed by atoms with Crippen molar-refractivity contribution in [2.45, 2.75) is 25.8 Å². The van der Waals surface area contributed by atoms with Crippen LogP contribution in [0.5, 0.6) is 5.75 Å². The van der Waals surface area contributed by atoms with Crippen LogP contribution in [0.15, 0.2) is 24.3 Å². The fourth-order valence-corrected chi connectivity index (χ4v) is 3.59. The van der Waals surface area contributed by atoms with Crippen LogP contribution < -0.4 is 4.74 Å². The quantitative estimate of drug-likeness (QED) is 0.828. The van der Waals surface area contributed by atoms with Gasteiger partial charge in [0.2, 0.25) is 0 Å². The van der Waals surface area contributed by atoms with Crippen molar-refractivity contribution in [1.29, 1.82) is 0 Å². The monoisotopic (exact) mass is 268 g/mol. The van der Waals surface area contributed by atoms with E-state index in [0.29, 0.717) is 6.04 Å². The zero-order valence-corrected chi connectivity index (χ0v) is 12.1. The Morgan fingerprint density at radius 3 is 2.70 bits per heavy atom. The lowest BCUT2D eigenvalue weighted by Gasteiger charge is -2.21. The van der Waals surface area contributed by atoms with Gasteiger partial charge in [-0.15, -0.1) is 0 Å². The molecule has 0 amide bonds. The minimum atomic E-state index is 0.455. The third-order valence-electron chi connectivity index (χ3n) is 4.64. The maximum Gasteiger partial charge on any atom is 0.122 e. The number of rotatable bonds is 2. The summed E-state index contributed by atoms with van der Waals surface area (Å²) < 4.78 is 7.78. The molecule has 1 saturated heterocycles. The molecule has 2 aromatic rings. The van der Waals surface area contributed by atoms with Crippen LogP contribution in [-0.2, 0) is 0 Å². The molecule has 1 aromatic carbocycles. The van der Waals surface area contributed by atoms with Gasteiger partial charge in [0, 0.05) is 17.3 Å². The van der Waals surface area contributed by atoms with Crippen molar-refractivity contribution in [3.63, 3.8) is 0 Å². The molecule has 1 aromatic heterocycles. The van der Waals surface area contributed by atoms with E-state index in [0.717, 1.165) is 5.75 Å². The second-order valence-corrected chi connectivity index (χ2v) is 5.85. The summed E-state index contributed by atoms with van der Waals surface area (Å²) in [6, 6.07) is 7.16. The van der Waals surface area contributed by atoms with Crippen LogP contribution in [0.1, 0.15) is 30.1 Å². The number of fused-ring (bicyclic) bond motifs is 3. The molecule has 3 heteroatoms. The van der Waals surface area contributed by atoms with Gasteiger partial charge in [0.1, 0.15) is 5.75 Å². The maximum atomic E-state index is 5.44. The molecule has 0 bridgehead atoms. The first-order valence-electron chi connectivity index (χ1n) is 7.40. The molecule has 0 radical (unpaired) electrons. The van der Waals surface area contributed by atoms with E-state index < -0.39 is 0 Å². The van der Waals surface area contributed by atoms with Gasteiger partial charge in [-0.05, 0) is 62.7 Å². The molecule has 1 atom stereocenters. The zero-order chi connectivity index (χ0) is 13.7. The Balaban J connectivity index is 1.83. The highest BCUT2D eigenvalue weighted by atomic mass is 16.5. The van der Waals surface area contributed by atoms with Gasteiger partial charge in [0.25, 0.3) is 0 Å². The van der Waals surface area contributed by atoms with Gasteiger partial charge in [-0.1, -0.05) is 0 Å². The van der Waals surface area contributed by atoms with Crippen molar-refractivity contribution in [3.05, 3.63) is 35.5 Å². The van der Waals surface area contributed by atoms with Gasteiger partial charge in [0.05, 0.1) is 18.7 Å². The van der Waals surface area contributed by atoms with Gasteiger partial charge in [0.15, 0.2) is 0 Å². The smallest absolute Gasteiger partial charge is 0.122 e. The summed E-state index contributed by atoms with van der Waals surface area (Å²) in [5.74, 6) is 0.975. The summed E-state index contributed by atoms with van der Waals surface area (Å²) in [6.45, 7) is 4.55. The number of nitrogens with zero attached hydrogens (tertiary/aromatic N) is 2. The molecule has 0 saturated carbocycles. The van der Waals surface area contributed by atoms with E-state index in [2.05, 4.69) is 46.9 Å². The predicted octanol–water partition coefficient (Wildman–Crippen LogP) is 3.58.